The van der Waals surface area contributed by atoms with E-state index in [1.807, 2.05) is 0 Å². The summed E-state index contributed by atoms with van der Waals surface area (Å²) in [4.78, 5) is 20.7. The van der Waals surface area contributed by atoms with Crippen LogP contribution in [0.15, 0.2) is 18.2 Å². The van der Waals surface area contributed by atoms with E-state index in [1.165, 1.54) is 19.1 Å². The molecule has 18 heavy (non-hydrogen) atoms. The van der Waals surface area contributed by atoms with E-state index in [1.54, 1.807) is 13.0 Å². The fraction of sp³-hybridized carbons (Fsp3) is 0.385. The van der Waals surface area contributed by atoms with Crippen molar-refractivity contribution in [1.82, 2.24) is 0 Å². The summed E-state index contributed by atoms with van der Waals surface area (Å²) in [7, 11) is 0. The number of nitrogens with one attached hydrogen (secondary N) is 1. The lowest BCUT2D eigenvalue weighted by molar-refractivity contribution is -0.140. The van der Waals surface area contributed by atoms with E-state index < -0.39 is 0 Å². The number of hydrogen-bond donors (Lipinski definition) is 1. The Morgan fingerprint density at radius 1 is 1.44 bits per heavy atom. The minimum Gasteiger partial charge on any atom is -0.466 e. The van der Waals surface area contributed by atoms with E-state index in [0.717, 1.165) is 11.3 Å². The second-order valence-corrected chi connectivity index (χ2v) is 3.77. The number of benzene rings is 1. The Labute approximate surface area is 105 Å². The number of aryl methyl sites for hydroxylation is 1. The van der Waals surface area contributed by atoms with Gasteiger partial charge in [-0.05, 0) is 37.1 Å². The van der Waals surface area contributed by atoms with Gasteiger partial charge in [0.05, 0.1) is 6.61 Å². The van der Waals surface area contributed by atoms with Crippen LogP contribution >= 0.6 is 0 Å². The molecule has 1 aromatic carbocycles. The molecule has 0 radical (unpaired) electrons. The minimum absolute atomic E-state index is 0.00843. The molecule has 1 heterocycles. The first-order valence-electron chi connectivity index (χ1n) is 5.74. The Bertz CT molecular complexity index is 446. The Hall–Kier alpha value is -1.91. The molecule has 0 unspecified atom stereocenters. The number of carbonyl (C=O) groups is 2. The van der Waals surface area contributed by atoms with Crippen LogP contribution in [-0.2, 0) is 20.7 Å². The monoisotopic (exact) mass is 253 g/mol. The molecular formula is C13H16FNO3. The lowest BCUT2D eigenvalue weighted by Crippen LogP contribution is -2.18. The van der Waals surface area contributed by atoms with Crippen molar-refractivity contribution in [2.24, 2.45) is 0 Å². The SMILES string of the molecule is CCOC(C)=O.O=C1CCc2cc(F)ccc2N1. The number of halogens is 1. The van der Waals surface area contributed by atoms with Crippen LogP contribution in [0.5, 0.6) is 0 Å². The summed E-state index contributed by atoms with van der Waals surface area (Å²) < 4.78 is 17.1. The Kier molecular flexibility index (Phi) is 5.30. The largest absolute Gasteiger partial charge is 0.466 e. The molecule has 1 aliphatic rings. The molecule has 0 saturated heterocycles. The van der Waals surface area contributed by atoms with Crippen LogP contribution in [0.25, 0.3) is 0 Å². The molecule has 98 valence electrons. The first kappa shape index (κ1) is 14.2. The van der Waals surface area contributed by atoms with Gasteiger partial charge in [0.1, 0.15) is 5.82 Å². The molecule has 4 nitrogen and oxygen atoms in total. The summed E-state index contributed by atoms with van der Waals surface area (Å²) >= 11 is 0. The predicted molar refractivity (Wildman–Crippen MR) is 65.7 cm³/mol. The normalized spacial score (nSPS) is 12.7. The highest BCUT2D eigenvalue weighted by Crippen LogP contribution is 2.22. The second-order valence-electron chi connectivity index (χ2n) is 3.77. The van der Waals surface area contributed by atoms with Crippen molar-refractivity contribution in [1.29, 1.82) is 0 Å². The van der Waals surface area contributed by atoms with E-state index >= 15 is 0 Å². The summed E-state index contributed by atoms with van der Waals surface area (Å²) in [6, 6.07) is 4.42. The lowest BCUT2D eigenvalue weighted by Gasteiger charge is -2.15. The van der Waals surface area contributed by atoms with Crippen molar-refractivity contribution < 1.29 is 18.7 Å². The number of hydrogen-bond acceptors (Lipinski definition) is 3. The average molecular weight is 253 g/mol. The van der Waals surface area contributed by atoms with Crippen LogP contribution in [0.1, 0.15) is 25.8 Å². The molecule has 0 saturated carbocycles. The van der Waals surface area contributed by atoms with Gasteiger partial charge in [0.25, 0.3) is 0 Å². The maximum Gasteiger partial charge on any atom is 0.302 e. The molecule has 0 fully saturated rings. The molecule has 0 aromatic heterocycles. The number of anilines is 1. The van der Waals surface area contributed by atoms with E-state index in [4.69, 9.17) is 0 Å². The van der Waals surface area contributed by atoms with Gasteiger partial charge in [0.2, 0.25) is 5.91 Å². The zero-order chi connectivity index (χ0) is 13.5. The molecule has 0 bridgehead atoms. The van der Waals surface area contributed by atoms with Crippen LogP contribution in [0.4, 0.5) is 10.1 Å². The smallest absolute Gasteiger partial charge is 0.302 e. The quantitative estimate of drug-likeness (QED) is 0.781. The zero-order valence-electron chi connectivity index (χ0n) is 10.5. The number of fused-ring (bicyclic) bond motifs is 1. The van der Waals surface area contributed by atoms with E-state index in [9.17, 15) is 14.0 Å². The standard InChI is InChI=1S/C9H8FNO.C4H8O2/c10-7-2-3-8-6(5-7)1-4-9(12)11-8;1-3-6-4(2)5/h2-3,5H,1,4H2,(H,11,12);3H2,1-2H3. The number of ether oxygens (including phenoxy) is 1. The fourth-order valence-corrected chi connectivity index (χ4v) is 1.56. The first-order chi connectivity index (χ1) is 8.52. The number of amides is 1. The summed E-state index contributed by atoms with van der Waals surface area (Å²) in [5.41, 5.74) is 1.63. The third-order valence-corrected chi connectivity index (χ3v) is 2.31. The summed E-state index contributed by atoms with van der Waals surface area (Å²) in [6.07, 6.45) is 1.09. The highest BCUT2D eigenvalue weighted by Gasteiger charge is 2.14. The molecule has 0 aliphatic carbocycles. The van der Waals surface area contributed by atoms with Gasteiger partial charge < -0.3 is 10.1 Å². The molecule has 1 aromatic rings. The van der Waals surface area contributed by atoms with Crippen molar-refractivity contribution in [3.05, 3.63) is 29.6 Å². The van der Waals surface area contributed by atoms with Crippen LogP contribution in [-0.4, -0.2) is 18.5 Å². The van der Waals surface area contributed by atoms with Crippen LogP contribution in [0.2, 0.25) is 0 Å². The molecular weight excluding hydrogens is 237 g/mol. The zero-order valence-corrected chi connectivity index (χ0v) is 10.5. The summed E-state index contributed by atoms with van der Waals surface area (Å²) in [5.74, 6) is -0.448. The number of rotatable bonds is 1. The summed E-state index contributed by atoms with van der Waals surface area (Å²) in [5, 5.41) is 2.68. The Morgan fingerprint density at radius 2 is 2.17 bits per heavy atom. The van der Waals surface area contributed by atoms with Crippen molar-refractivity contribution >= 4 is 17.6 Å². The van der Waals surface area contributed by atoms with Gasteiger partial charge in [-0.1, -0.05) is 0 Å². The summed E-state index contributed by atoms with van der Waals surface area (Å²) in [6.45, 7) is 3.65. The lowest BCUT2D eigenvalue weighted by atomic mass is 10.0. The molecule has 1 N–H and O–H groups in total. The maximum absolute atomic E-state index is 12.7. The van der Waals surface area contributed by atoms with Crippen LogP contribution < -0.4 is 5.32 Å². The third kappa shape index (κ3) is 4.53. The second kappa shape index (κ2) is 6.74. The van der Waals surface area contributed by atoms with Crippen molar-refractivity contribution in [2.45, 2.75) is 26.7 Å². The highest BCUT2D eigenvalue weighted by atomic mass is 19.1. The molecule has 1 aliphatic heterocycles. The van der Waals surface area contributed by atoms with Gasteiger partial charge in [0, 0.05) is 19.0 Å². The van der Waals surface area contributed by atoms with Crippen molar-refractivity contribution in [3.63, 3.8) is 0 Å². The van der Waals surface area contributed by atoms with Crippen LogP contribution in [0, 0.1) is 5.82 Å². The maximum atomic E-state index is 12.7. The van der Waals surface area contributed by atoms with Gasteiger partial charge in [-0.2, -0.15) is 0 Å². The Balaban J connectivity index is 0.000000232. The van der Waals surface area contributed by atoms with Crippen molar-refractivity contribution in [2.75, 3.05) is 11.9 Å². The van der Waals surface area contributed by atoms with Gasteiger partial charge >= 0.3 is 5.97 Å². The average Bonchev–Trinajstić information content (AvgIpc) is 2.30. The van der Waals surface area contributed by atoms with Crippen LogP contribution in [0.3, 0.4) is 0 Å². The van der Waals surface area contributed by atoms with E-state index in [0.29, 0.717) is 19.4 Å². The van der Waals surface area contributed by atoms with Crippen molar-refractivity contribution in [3.8, 4) is 0 Å². The number of esters is 1. The molecule has 5 heteroatoms. The fourth-order valence-electron chi connectivity index (χ4n) is 1.56. The third-order valence-electron chi connectivity index (χ3n) is 2.31. The predicted octanol–water partition coefficient (Wildman–Crippen LogP) is 2.28. The van der Waals surface area contributed by atoms with E-state index in [2.05, 4.69) is 10.1 Å². The van der Waals surface area contributed by atoms with Gasteiger partial charge in [-0.15, -0.1) is 0 Å². The molecule has 0 spiro atoms. The topological polar surface area (TPSA) is 55.4 Å². The highest BCUT2D eigenvalue weighted by molar-refractivity contribution is 5.93. The molecule has 0 atom stereocenters. The van der Waals surface area contributed by atoms with E-state index in [-0.39, 0.29) is 17.7 Å². The van der Waals surface area contributed by atoms with Gasteiger partial charge in [0.15, 0.2) is 0 Å². The van der Waals surface area contributed by atoms with Gasteiger partial charge in [-0.3, -0.25) is 9.59 Å². The first-order valence-corrected chi connectivity index (χ1v) is 5.74. The molecule has 2 rings (SSSR count). The Morgan fingerprint density at radius 3 is 2.72 bits per heavy atom. The number of carbonyl (C=O) groups excluding carboxylic acids is 2. The molecule has 1 amide bonds. The van der Waals surface area contributed by atoms with Gasteiger partial charge in [-0.25, -0.2) is 4.39 Å². The minimum atomic E-state index is -0.245.